The van der Waals surface area contributed by atoms with Crippen molar-refractivity contribution in [2.45, 2.75) is 6.92 Å². The minimum Gasteiger partial charge on any atom is -0.495 e. The minimum absolute atomic E-state index is 0.0764. The summed E-state index contributed by atoms with van der Waals surface area (Å²) in [5.41, 5.74) is 0.184. The van der Waals surface area contributed by atoms with Gasteiger partial charge in [-0.05, 0) is 18.6 Å². The lowest BCUT2D eigenvalue weighted by Gasteiger charge is -2.08. The standard InChI is InChI=1S/C9H9FO3/c1-5-3-4-6(10)7(9(11)12)8(5)13-2/h3-4H,1-2H3,(H,11,12). The molecular weight excluding hydrogens is 175 g/mol. The van der Waals surface area contributed by atoms with Crippen LogP contribution in [0.3, 0.4) is 0 Å². The molecule has 13 heavy (non-hydrogen) atoms. The number of carboxylic acids is 1. The number of carbonyl (C=O) groups is 1. The number of hydrogen-bond donors (Lipinski definition) is 1. The van der Waals surface area contributed by atoms with E-state index in [4.69, 9.17) is 9.84 Å². The lowest BCUT2D eigenvalue weighted by Crippen LogP contribution is -2.05. The van der Waals surface area contributed by atoms with E-state index in [0.29, 0.717) is 5.56 Å². The average molecular weight is 184 g/mol. The maximum absolute atomic E-state index is 13.0. The van der Waals surface area contributed by atoms with E-state index in [1.165, 1.54) is 13.2 Å². The number of rotatable bonds is 2. The van der Waals surface area contributed by atoms with Gasteiger partial charge in [-0.3, -0.25) is 0 Å². The molecule has 0 amide bonds. The van der Waals surface area contributed by atoms with Crippen molar-refractivity contribution in [3.05, 3.63) is 29.1 Å². The molecule has 0 heterocycles. The number of ether oxygens (including phenoxy) is 1. The molecule has 0 aliphatic rings. The summed E-state index contributed by atoms with van der Waals surface area (Å²) >= 11 is 0. The van der Waals surface area contributed by atoms with Gasteiger partial charge in [-0.15, -0.1) is 0 Å². The van der Waals surface area contributed by atoms with E-state index in [1.807, 2.05) is 0 Å². The summed E-state index contributed by atoms with van der Waals surface area (Å²) in [7, 11) is 1.31. The maximum atomic E-state index is 13.0. The lowest BCUT2D eigenvalue weighted by molar-refractivity contribution is 0.0688. The fourth-order valence-corrected chi connectivity index (χ4v) is 1.13. The molecule has 1 aromatic rings. The Labute approximate surface area is 74.8 Å². The summed E-state index contributed by atoms with van der Waals surface area (Å²) in [6, 6.07) is 2.59. The monoisotopic (exact) mass is 184 g/mol. The van der Waals surface area contributed by atoms with Crippen molar-refractivity contribution in [1.29, 1.82) is 0 Å². The molecule has 70 valence electrons. The number of aryl methyl sites for hydroxylation is 1. The molecule has 0 saturated carbocycles. The normalized spacial score (nSPS) is 9.77. The highest BCUT2D eigenvalue weighted by atomic mass is 19.1. The van der Waals surface area contributed by atoms with Gasteiger partial charge in [-0.2, -0.15) is 0 Å². The van der Waals surface area contributed by atoms with Crippen LogP contribution in [0.4, 0.5) is 4.39 Å². The zero-order chi connectivity index (χ0) is 10.0. The van der Waals surface area contributed by atoms with E-state index in [0.717, 1.165) is 6.07 Å². The van der Waals surface area contributed by atoms with Gasteiger partial charge < -0.3 is 9.84 Å². The van der Waals surface area contributed by atoms with Crippen LogP contribution in [-0.4, -0.2) is 18.2 Å². The number of aromatic carboxylic acids is 1. The van der Waals surface area contributed by atoms with Crippen LogP contribution in [0.5, 0.6) is 5.75 Å². The first-order chi connectivity index (χ1) is 6.07. The van der Waals surface area contributed by atoms with E-state index < -0.39 is 17.3 Å². The first kappa shape index (κ1) is 9.51. The van der Waals surface area contributed by atoms with Gasteiger partial charge in [0.2, 0.25) is 0 Å². The van der Waals surface area contributed by atoms with Crippen molar-refractivity contribution >= 4 is 5.97 Å². The van der Waals surface area contributed by atoms with Gasteiger partial charge in [0.1, 0.15) is 17.1 Å². The molecular formula is C9H9FO3. The van der Waals surface area contributed by atoms with Crippen LogP contribution in [0, 0.1) is 12.7 Å². The quantitative estimate of drug-likeness (QED) is 0.762. The summed E-state index contributed by atoms with van der Waals surface area (Å²) in [5, 5.41) is 8.68. The van der Waals surface area contributed by atoms with E-state index in [1.54, 1.807) is 6.92 Å². The van der Waals surface area contributed by atoms with Gasteiger partial charge >= 0.3 is 5.97 Å². The van der Waals surface area contributed by atoms with E-state index in [9.17, 15) is 9.18 Å². The first-order valence-corrected chi connectivity index (χ1v) is 3.64. The molecule has 0 bridgehead atoms. The van der Waals surface area contributed by atoms with Crippen LogP contribution in [0.25, 0.3) is 0 Å². The zero-order valence-corrected chi connectivity index (χ0v) is 7.30. The van der Waals surface area contributed by atoms with Gasteiger partial charge in [0.25, 0.3) is 0 Å². The Bertz CT molecular complexity index is 347. The highest BCUT2D eigenvalue weighted by molar-refractivity contribution is 5.91. The Hall–Kier alpha value is -1.58. The van der Waals surface area contributed by atoms with E-state index in [2.05, 4.69) is 0 Å². The number of carboxylic acid groups (broad SMARTS) is 1. The summed E-state index contributed by atoms with van der Waals surface area (Å²) in [6.45, 7) is 1.66. The summed E-state index contributed by atoms with van der Waals surface area (Å²) in [4.78, 5) is 10.6. The summed E-state index contributed by atoms with van der Waals surface area (Å²) in [5.74, 6) is -2.03. The molecule has 0 spiro atoms. The molecule has 1 rings (SSSR count). The molecule has 3 nitrogen and oxygen atoms in total. The van der Waals surface area contributed by atoms with Crippen molar-refractivity contribution in [1.82, 2.24) is 0 Å². The summed E-state index contributed by atoms with van der Waals surface area (Å²) < 4.78 is 17.8. The second kappa shape index (κ2) is 3.43. The number of benzene rings is 1. The summed E-state index contributed by atoms with van der Waals surface area (Å²) in [6.07, 6.45) is 0. The second-order valence-electron chi connectivity index (χ2n) is 2.58. The molecule has 1 N–H and O–H groups in total. The molecule has 0 radical (unpaired) electrons. The fourth-order valence-electron chi connectivity index (χ4n) is 1.13. The topological polar surface area (TPSA) is 46.5 Å². The molecule has 0 atom stereocenters. The molecule has 0 aromatic heterocycles. The van der Waals surface area contributed by atoms with E-state index >= 15 is 0 Å². The molecule has 0 fully saturated rings. The Kier molecular flexibility index (Phi) is 2.51. The van der Waals surface area contributed by atoms with Crippen LogP contribution in [-0.2, 0) is 0 Å². The highest BCUT2D eigenvalue weighted by Crippen LogP contribution is 2.25. The van der Waals surface area contributed by atoms with Crippen molar-refractivity contribution in [3.63, 3.8) is 0 Å². The average Bonchev–Trinajstić information content (AvgIpc) is 2.07. The minimum atomic E-state index is -1.32. The SMILES string of the molecule is COc1c(C)ccc(F)c1C(=O)O. The van der Waals surface area contributed by atoms with Crippen LogP contribution < -0.4 is 4.74 Å². The first-order valence-electron chi connectivity index (χ1n) is 3.64. The Morgan fingerprint density at radius 1 is 1.54 bits per heavy atom. The third kappa shape index (κ3) is 1.61. The smallest absolute Gasteiger partial charge is 0.342 e. The number of methoxy groups -OCH3 is 1. The molecule has 0 unspecified atom stereocenters. The van der Waals surface area contributed by atoms with Crippen LogP contribution in [0.1, 0.15) is 15.9 Å². The van der Waals surface area contributed by atoms with Crippen molar-refractivity contribution in [2.24, 2.45) is 0 Å². The van der Waals surface area contributed by atoms with Gasteiger partial charge in [0, 0.05) is 0 Å². The van der Waals surface area contributed by atoms with Crippen LogP contribution >= 0.6 is 0 Å². The Morgan fingerprint density at radius 2 is 2.15 bits per heavy atom. The zero-order valence-electron chi connectivity index (χ0n) is 7.30. The van der Waals surface area contributed by atoms with Gasteiger partial charge in [-0.25, -0.2) is 9.18 Å². The Balaban J connectivity index is 3.43. The van der Waals surface area contributed by atoms with Crippen molar-refractivity contribution < 1.29 is 19.0 Å². The predicted octanol–water partition coefficient (Wildman–Crippen LogP) is 1.84. The van der Waals surface area contributed by atoms with Crippen LogP contribution in [0.15, 0.2) is 12.1 Å². The molecule has 4 heteroatoms. The number of halogens is 1. The lowest BCUT2D eigenvalue weighted by atomic mass is 10.1. The molecule has 1 aromatic carbocycles. The highest BCUT2D eigenvalue weighted by Gasteiger charge is 2.18. The number of hydrogen-bond acceptors (Lipinski definition) is 2. The molecule has 0 aliphatic carbocycles. The fraction of sp³-hybridized carbons (Fsp3) is 0.222. The van der Waals surface area contributed by atoms with Crippen molar-refractivity contribution in [2.75, 3.05) is 7.11 Å². The van der Waals surface area contributed by atoms with Crippen LogP contribution in [0.2, 0.25) is 0 Å². The van der Waals surface area contributed by atoms with E-state index in [-0.39, 0.29) is 5.75 Å². The third-order valence-corrected chi connectivity index (χ3v) is 1.72. The predicted molar refractivity (Wildman–Crippen MR) is 44.6 cm³/mol. The second-order valence-corrected chi connectivity index (χ2v) is 2.58. The maximum Gasteiger partial charge on any atom is 0.342 e. The van der Waals surface area contributed by atoms with Crippen molar-refractivity contribution in [3.8, 4) is 5.75 Å². The third-order valence-electron chi connectivity index (χ3n) is 1.72. The Morgan fingerprint density at radius 3 is 2.54 bits per heavy atom. The molecule has 0 saturated heterocycles. The largest absolute Gasteiger partial charge is 0.495 e. The van der Waals surface area contributed by atoms with Gasteiger partial charge in [0.15, 0.2) is 0 Å². The molecule has 0 aliphatic heterocycles. The van der Waals surface area contributed by atoms with Gasteiger partial charge in [0.05, 0.1) is 7.11 Å². The van der Waals surface area contributed by atoms with Gasteiger partial charge in [-0.1, -0.05) is 6.07 Å².